The van der Waals surface area contributed by atoms with Gasteiger partial charge in [-0.05, 0) is 55.1 Å². The van der Waals surface area contributed by atoms with Gasteiger partial charge in [0.15, 0.2) is 5.69 Å². The minimum absolute atomic E-state index is 0.0222. The van der Waals surface area contributed by atoms with Crippen molar-refractivity contribution in [3.05, 3.63) is 65.2 Å². The number of rotatable bonds is 6. The molecule has 9 heteroatoms. The second-order valence-corrected chi connectivity index (χ2v) is 8.21. The van der Waals surface area contributed by atoms with Gasteiger partial charge in [0.1, 0.15) is 17.3 Å². The second-order valence-electron chi connectivity index (χ2n) is 8.21. The maximum atomic E-state index is 12.7. The molecule has 4 rings (SSSR count). The summed E-state index contributed by atoms with van der Waals surface area (Å²) in [5.74, 6) is 6.63. The van der Waals surface area contributed by atoms with Crippen molar-refractivity contribution in [2.45, 2.75) is 38.6 Å². The quantitative estimate of drug-likeness (QED) is 0.440. The molecule has 3 aromatic rings. The zero-order valence-electron chi connectivity index (χ0n) is 18.1. The first kappa shape index (κ1) is 21.5. The van der Waals surface area contributed by atoms with E-state index in [4.69, 9.17) is 11.6 Å². The smallest absolute Gasteiger partial charge is 0.269 e. The standard InChI is InChI=1S/C23H27N7O2/c1-13(2)16-9-11-27-18(12-16)28-23(32)15-7-5-14(6-8-15)19-20(21(24)31)30(25)22(29-19)17-4-3-10-26-17/h5-9,11-13,17,26H,3-4,10,25H2,1-2H3,(H2,24,31)(H,27,28,32). The number of hydrogen-bond donors (Lipinski definition) is 4. The summed E-state index contributed by atoms with van der Waals surface area (Å²) >= 11 is 0. The summed E-state index contributed by atoms with van der Waals surface area (Å²) in [6.07, 6.45) is 3.58. The Bertz CT molecular complexity index is 1150. The van der Waals surface area contributed by atoms with E-state index in [9.17, 15) is 9.59 Å². The van der Waals surface area contributed by atoms with Crippen molar-refractivity contribution in [1.29, 1.82) is 0 Å². The van der Waals surface area contributed by atoms with Gasteiger partial charge in [-0.15, -0.1) is 0 Å². The lowest BCUT2D eigenvalue weighted by molar-refractivity contribution is 0.0991. The van der Waals surface area contributed by atoms with E-state index in [0.29, 0.717) is 34.4 Å². The van der Waals surface area contributed by atoms with Gasteiger partial charge < -0.3 is 22.2 Å². The molecule has 32 heavy (non-hydrogen) atoms. The summed E-state index contributed by atoms with van der Waals surface area (Å²) in [4.78, 5) is 33.6. The van der Waals surface area contributed by atoms with Gasteiger partial charge in [-0.1, -0.05) is 26.0 Å². The van der Waals surface area contributed by atoms with E-state index in [1.54, 1.807) is 30.5 Å². The average Bonchev–Trinajstić information content (AvgIpc) is 3.41. The number of carbonyl (C=O) groups is 2. The molecule has 1 aromatic carbocycles. The highest BCUT2D eigenvalue weighted by Crippen LogP contribution is 2.29. The van der Waals surface area contributed by atoms with Gasteiger partial charge >= 0.3 is 0 Å². The molecule has 0 aliphatic carbocycles. The minimum Gasteiger partial charge on any atom is -0.364 e. The zero-order valence-corrected chi connectivity index (χ0v) is 18.1. The molecular weight excluding hydrogens is 406 g/mol. The Balaban J connectivity index is 1.58. The molecule has 1 saturated heterocycles. The number of nitrogens with zero attached hydrogens (tertiary/aromatic N) is 3. The van der Waals surface area contributed by atoms with Crippen LogP contribution in [0, 0.1) is 0 Å². The topological polar surface area (TPSA) is 141 Å². The van der Waals surface area contributed by atoms with Gasteiger partial charge in [0, 0.05) is 17.3 Å². The molecule has 2 aromatic heterocycles. The summed E-state index contributed by atoms with van der Waals surface area (Å²) in [6, 6.07) is 10.6. The molecule has 0 bridgehead atoms. The van der Waals surface area contributed by atoms with E-state index >= 15 is 0 Å². The minimum atomic E-state index is -0.655. The fourth-order valence-electron chi connectivity index (χ4n) is 3.88. The number of nitrogens with two attached hydrogens (primary N) is 2. The Morgan fingerprint density at radius 3 is 2.59 bits per heavy atom. The lowest BCUT2D eigenvalue weighted by Gasteiger charge is -2.09. The number of aromatic nitrogens is 3. The number of imidazole rings is 1. The highest BCUT2D eigenvalue weighted by Gasteiger charge is 2.27. The number of anilines is 1. The number of nitrogens with one attached hydrogen (secondary N) is 2. The van der Waals surface area contributed by atoms with Crippen molar-refractivity contribution >= 4 is 17.6 Å². The number of primary amides is 1. The summed E-state index contributed by atoms with van der Waals surface area (Å²) in [6.45, 7) is 5.03. The van der Waals surface area contributed by atoms with Crippen molar-refractivity contribution in [2.24, 2.45) is 5.73 Å². The number of benzene rings is 1. The van der Waals surface area contributed by atoms with E-state index in [-0.39, 0.29) is 17.6 Å². The highest BCUT2D eigenvalue weighted by molar-refractivity contribution is 6.04. The molecule has 166 valence electrons. The largest absolute Gasteiger partial charge is 0.364 e. The summed E-state index contributed by atoms with van der Waals surface area (Å²) in [5, 5.41) is 6.15. The Morgan fingerprint density at radius 1 is 1.22 bits per heavy atom. The van der Waals surface area contributed by atoms with Crippen LogP contribution < -0.4 is 22.2 Å². The van der Waals surface area contributed by atoms with E-state index in [0.717, 1.165) is 24.9 Å². The van der Waals surface area contributed by atoms with Gasteiger partial charge in [-0.25, -0.2) is 14.6 Å². The summed E-state index contributed by atoms with van der Waals surface area (Å²) < 4.78 is 1.27. The summed E-state index contributed by atoms with van der Waals surface area (Å²) in [5.41, 5.74) is 8.33. The molecule has 1 aliphatic rings. The number of carbonyl (C=O) groups excluding carboxylic acids is 2. The second kappa shape index (κ2) is 8.80. The third kappa shape index (κ3) is 4.19. The SMILES string of the molecule is CC(C)c1ccnc(NC(=O)c2ccc(-c3nc(C4CCCN4)n(N)c3C(N)=O)cc2)c1. The Morgan fingerprint density at radius 2 is 1.97 bits per heavy atom. The van der Waals surface area contributed by atoms with Gasteiger partial charge in [0.05, 0.1) is 6.04 Å². The van der Waals surface area contributed by atoms with E-state index in [1.165, 1.54) is 4.68 Å². The first-order valence-electron chi connectivity index (χ1n) is 10.6. The number of amides is 2. The molecule has 6 N–H and O–H groups in total. The van der Waals surface area contributed by atoms with Crippen LogP contribution in [0.1, 0.15) is 70.9 Å². The van der Waals surface area contributed by atoms with Crippen LogP contribution in [-0.2, 0) is 0 Å². The van der Waals surface area contributed by atoms with E-state index in [1.807, 2.05) is 12.1 Å². The first-order chi connectivity index (χ1) is 15.3. The van der Waals surface area contributed by atoms with E-state index < -0.39 is 5.91 Å². The Kier molecular flexibility index (Phi) is 5.91. The van der Waals surface area contributed by atoms with Crippen LogP contribution in [0.5, 0.6) is 0 Å². The fourth-order valence-corrected chi connectivity index (χ4v) is 3.88. The molecule has 1 unspecified atom stereocenters. The molecule has 1 aliphatic heterocycles. The molecule has 0 radical (unpaired) electrons. The van der Waals surface area contributed by atoms with Crippen molar-refractivity contribution in [3.8, 4) is 11.3 Å². The molecular formula is C23H27N7O2. The van der Waals surface area contributed by atoms with Crippen molar-refractivity contribution < 1.29 is 9.59 Å². The van der Waals surface area contributed by atoms with Gasteiger partial charge in [-0.2, -0.15) is 0 Å². The third-order valence-electron chi connectivity index (χ3n) is 5.66. The van der Waals surface area contributed by atoms with E-state index in [2.05, 4.69) is 34.4 Å². The van der Waals surface area contributed by atoms with Crippen LogP contribution >= 0.6 is 0 Å². The lowest BCUT2D eigenvalue weighted by Crippen LogP contribution is -2.27. The molecule has 0 spiro atoms. The Hall–Kier alpha value is -3.72. The number of pyridine rings is 1. The van der Waals surface area contributed by atoms with Crippen LogP contribution in [0.25, 0.3) is 11.3 Å². The fraction of sp³-hybridized carbons (Fsp3) is 0.304. The molecule has 1 fully saturated rings. The van der Waals surface area contributed by atoms with Crippen LogP contribution in [0.15, 0.2) is 42.6 Å². The zero-order chi connectivity index (χ0) is 22.8. The maximum Gasteiger partial charge on any atom is 0.269 e. The van der Waals surface area contributed by atoms with Crippen molar-refractivity contribution in [1.82, 2.24) is 20.0 Å². The predicted octanol–water partition coefficient (Wildman–Crippen LogP) is 2.56. The average molecular weight is 434 g/mol. The van der Waals surface area contributed by atoms with Crippen molar-refractivity contribution in [2.75, 3.05) is 17.7 Å². The highest BCUT2D eigenvalue weighted by atomic mass is 16.2. The van der Waals surface area contributed by atoms with Crippen LogP contribution in [0.2, 0.25) is 0 Å². The first-order valence-corrected chi connectivity index (χ1v) is 10.6. The Labute approximate surface area is 186 Å². The van der Waals surface area contributed by atoms with Crippen LogP contribution in [0.3, 0.4) is 0 Å². The molecule has 2 amide bonds. The maximum absolute atomic E-state index is 12.7. The monoisotopic (exact) mass is 433 g/mol. The van der Waals surface area contributed by atoms with Gasteiger partial charge in [0.25, 0.3) is 11.8 Å². The van der Waals surface area contributed by atoms with Crippen LogP contribution in [-0.4, -0.2) is 33.0 Å². The number of nitrogen functional groups attached to an aromatic ring is 1. The molecule has 3 heterocycles. The summed E-state index contributed by atoms with van der Waals surface area (Å²) in [7, 11) is 0. The van der Waals surface area contributed by atoms with Gasteiger partial charge in [-0.3, -0.25) is 9.59 Å². The van der Waals surface area contributed by atoms with Crippen molar-refractivity contribution in [3.63, 3.8) is 0 Å². The van der Waals surface area contributed by atoms with Crippen LogP contribution in [0.4, 0.5) is 5.82 Å². The molecule has 9 nitrogen and oxygen atoms in total. The van der Waals surface area contributed by atoms with Gasteiger partial charge in [0.2, 0.25) is 0 Å². The predicted molar refractivity (Wildman–Crippen MR) is 123 cm³/mol. The third-order valence-corrected chi connectivity index (χ3v) is 5.66. The lowest BCUT2D eigenvalue weighted by atomic mass is 10.0. The molecule has 0 saturated carbocycles. The molecule has 1 atom stereocenters. The number of hydrogen-bond acceptors (Lipinski definition) is 6. The normalized spacial score (nSPS) is 15.8.